The smallest absolute Gasteiger partial charge is 0.215 e. The van der Waals surface area contributed by atoms with Gasteiger partial charge in [-0.3, -0.25) is 4.90 Å². The molecule has 1 heterocycles. The van der Waals surface area contributed by atoms with Gasteiger partial charge in [-0.15, -0.1) is 0 Å². The largest absolute Gasteiger partial charge is 0.379 e. The molecule has 1 N–H and O–H groups in total. The number of rotatable bonds is 2. The van der Waals surface area contributed by atoms with Gasteiger partial charge in [-0.25, -0.2) is 0 Å². The van der Waals surface area contributed by atoms with Crippen molar-refractivity contribution in [2.75, 3.05) is 33.4 Å². The number of methoxy groups -OCH3 is 1. The van der Waals surface area contributed by atoms with Gasteiger partial charge in [-0.05, 0) is 0 Å². The fourth-order valence-corrected chi connectivity index (χ4v) is 0.947. The molecule has 0 aromatic heterocycles. The molecule has 1 rings (SSSR count). The lowest BCUT2D eigenvalue weighted by Gasteiger charge is -2.29. The molecule has 1 atom stereocenters. The Balaban J connectivity index is 2.24. The molecule has 0 spiro atoms. The molecule has 0 amide bonds. The number of aliphatic hydroxyl groups excluding tert-OH is 1. The van der Waals surface area contributed by atoms with Gasteiger partial charge in [0.25, 0.3) is 0 Å². The van der Waals surface area contributed by atoms with E-state index >= 15 is 0 Å². The Hall–Kier alpha value is -0.160. The van der Waals surface area contributed by atoms with Crippen LogP contribution in [0.25, 0.3) is 0 Å². The third kappa shape index (κ3) is 1.91. The van der Waals surface area contributed by atoms with Crippen LogP contribution in [0.2, 0.25) is 0 Å². The van der Waals surface area contributed by atoms with Crippen LogP contribution < -0.4 is 0 Å². The molecule has 0 saturated carbocycles. The molecule has 1 aliphatic heterocycles. The first-order valence-corrected chi connectivity index (χ1v) is 3.37. The van der Waals surface area contributed by atoms with Crippen LogP contribution in [0.15, 0.2) is 0 Å². The molecule has 1 saturated heterocycles. The van der Waals surface area contributed by atoms with Crippen molar-refractivity contribution in [2.24, 2.45) is 0 Å². The summed E-state index contributed by atoms with van der Waals surface area (Å²) in [5, 5.41) is 9.13. The standard InChI is InChI=1S/C6H13NO3/c1-9-6(8)7-2-4-10-5-3-7/h6,8H,2-5H2,1H3/t6-/m0/s1. The molecule has 0 aromatic carbocycles. The van der Waals surface area contributed by atoms with Crippen LogP contribution in [0, 0.1) is 0 Å². The Morgan fingerprint density at radius 1 is 1.50 bits per heavy atom. The van der Waals surface area contributed by atoms with E-state index in [4.69, 9.17) is 14.6 Å². The molecule has 10 heavy (non-hydrogen) atoms. The molecule has 60 valence electrons. The van der Waals surface area contributed by atoms with E-state index in [0.717, 1.165) is 13.1 Å². The van der Waals surface area contributed by atoms with Crippen molar-refractivity contribution >= 4 is 0 Å². The fraction of sp³-hybridized carbons (Fsp3) is 1.00. The fourth-order valence-electron chi connectivity index (χ4n) is 0.947. The van der Waals surface area contributed by atoms with Gasteiger partial charge in [0.05, 0.1) is 13.2 Å². The van der Waals surface area contributed by atoms with Crippen LogP contribution in [-0.4, -0.2) is 49.8 Å². The zero-order chi connectivity index (χ0) is 7.40. The topological polar surface area (TPSA) is 41.9 Å². The minimum Gasteiger partial charge on any atom is -0.379 e. The highest BCUT2D eigenvalue weighted by molar-refractivity contribution is 4.59. The predicted octanol–water partition coefficient (Wildman–Crippen LogP) is -0.759. The lowest BCUT2D eigenvalue weighted by Crippen LogP contribution is -2.44. The number of hydrogen-bond donors (Lipinski definition) is 1. The first kappa shape index (κ1) is 7.94. The minimum atomic E-state index is -0.760. The molecule has 0 radical (unpaired) electrons. The normalized spacial score (nSPS) is 24.6. The van der Waals surface area contributed by atoms with Gasteiger partial charge in [0, 0.05) is 20.2 Å². The van der Waals surface area contributed by atoms with E-state index < -0.39 is 6.41 Å². The summed E-state index contributed by atoms with van der Waals surface area (Å²) < 4.78 is 9.80. The lowest BCUT2D eigenvalue weighted by atomic mass is 10.4. The van der Waals surface area contributed by atoms with Crippen LogP contribution in [0.5, 0.6) is 0 Å². The molecule has 0 unspecified atom stereocenters. The second-order valence-electron chi connectivity index (χ2n) is 2.21. The summed E-state index contributed by atoms with van der Waals surface area (Å²) in [6, 6.07) is 0. The highest BCUT2D eigenvalue weighted by atomic mass is 16.6. The highest BCUT2D eigenvalue weighted by Crippen LogP contribution is 2.00. The van der Waals surface area contributed by atoms with E-state index in [-0.39, 0.29) is 0 Å². The highest BCUT2D eigenvalue weighted by Gasteiger charge is 2.16. The first-order chi connectivity index (χ1) is 4.84. The summed E-state index contributed by atoms with van der Waals surface area (Å²) in [5.41, 5.74) is 0. The van der Waals surface area contributed by atoms with E-state index in [1.54, 1.807) is 0 Å². The van der Waals surface area contributed by atoms with E-state index in [1.807, 2.05) is 4.90 Å². The zero-order valence-corrected chi connectivity index (χ0v) is 6.12. The number of nitrogens with zero attached hydrogens (tertiary/aromatic N) is 1. The summed E-state index contributed by atoms with van der Waals surface area (Å²) in [7, 11) is 1.49. The maximum atomic E-state index is 9.13. The average Bonchev–Trinajstić information content (AvgIpc) is 2.05. The summed E-state index contributed by atoms with van der Waals surface area (Å²) in [5.74, 6) is 0. The molecule has 4 heteroatoms. The second-order valence-corrected chi connectivity index (χ2v) is 2.21. The van der Waals surface area contributed by atoms with Crippen LogP contribution in [0.4, 0.5) is 0 Å². The zero-order valence-electron chi connectivity index (χ0n) is 6.12. The Kier molecular flexibility index (Phi) is 3.08. The average molecular weight is 147 g/mol. The monoisotopic (exact) mass is 147 g/mol. The SMILES string of the molecule is CO[C@H](O)N1CCOCC1. The first-order valence-electron chi connectivity index (χ1n) is 3.37. The summed E-state index contributed by atoms with van der Waals surface area (Å²) in [4.78, 5) is 1.82. The Morgan fingerprint density at radius 3 is 2.60 bits per heavy atom. The van der Waals surface area contributed by atoms with E-state index in [2.05, 4.69) is 0 Å². The molecule has 4 nitrogen and oxygen atoms in total. The van der Waals surface area contributed by atoms with E-state index in [9.17, 15) is 0 Å². The van der Waals surface area contributed by atoms with E-state index in [1.165, 1.54) is 7.11 Å². The third-order valence-corrected chi connectivity index (χ3v) is 1.57. The Bertz CT molecular complexity index is 93.0. The van der Waals surface area contributed by atoms with Crippen LogP contribution in [0.1, 0.15) is 0 Å². The number of hydrogen-bond acceptors (Lipinski definition) is 4. The van der Waals surface area contributed by atoms with Gasteiger partial charge in [0.2, 0.25) is 6.41 Å². The quantitative estimate of drug-likeness (QED) is 0.521. The molecule has 0 aromatic rings. The van der Waals surface area contributed by atoms with Crippen LogP contribution in [-0.2, 0) is 9.47 Å². The van der Waals surface area contributed by atoms with Crippen molar-refractivity contribution in [1.29, 1.82) is 0 Å². The molecular formula is C6H13NO3. The summed E-state index contributed by atoms with van der Waals surface area (Å²) in [6.45, 7) is 2.85. The van der Waals surface area contributed by atoms with E-state index in [0.29, 0.717) is 13.2 Å². The van der Waals surface area contributed by atoms with Crippen molar-refractivity contribution < 1.29 is 14.6 Å². The minimum absolute atomic E-state index is 0.681. The van der Waals surface area contributed by atoms with Gasteiger partial charge in [-0.2, -0.15) is 0 Å². The molecule has 0 aliphatic carbocycles. The third-order valence-electron chi connectivity index (χ3n) is 1.57. The second kappa shape index (κ2) is 3.88. The molecular weight excluding hydrogens is 134 g/mol. The van der Waals surface area contributed by atoms with Crippen molar-refractivity contribution in [3.05, 3.63) is 0 Å². The van der Waals surface area contributed by atoms with Gasteiger partial charge in [0.15, 0.2) is 0 Å². The summed E-state index contributed by atoms with van der Waals surface area (Å²) in [6.07, 6.45) is -0.760. The molecule has 1 fully saturated rings. The van der Waals surface area contributed by atoms with Crippen LogP contribution in [0.3, 0.4) is 0 Å². The van der Waals surface area contributed by atoms with Crippen molar-refractivity contribution in [3.8, 4) is 0 Å². The predicted molar refractivity (Wildman–Crippen MR) is 35.4 cm³/mol. The Labute approximate surface area is 60.3 Å². The number of morpholine rings is 1. The van der Waals surface area contributed by atoms with Gasteiger partial charge < -0.3 is 14.6 Å². The van der Waals surface area contributed by atoms with Gasteiger partial charge >= 0.3 is 0 Å². The lowest BCUT2D eigenvalue weighted by molar-refractivity contribution is -0.194. The van der Waals surface area contributed by atoms with Crippen molar-refractivity contribution in [2.45, 2.75) is 6.41 Å². The number of aliphatic hydroxyl groups is 1. The van der Waals surface area contributed by atoms with Crippen molar-refractivity contribution in [3.63, 3.8) is 0 Å². The van der Waals surface area contributed by atoms with Gasteiger partial charge in [0.1, 0.15) is 0 Å². The van der Waals surface area contributed by atoms with Gasteiger partial charge in [-0.1, -0.05) is 0 Å². The van der Waals surface area contributed by atoms with Crippen molar-refractivity contribution in [1.82, 2.24) is 4.90 Å². The Morgan fingerprint density at radius 2 is 2.10 bits per heavy atom. The number of ether oxygens (including phenoxy) is 2. The summed E-state index contributed by atoms with van der Waals surface area (Å²) >= 11 is 0. The maximum Gasteiger partial charge on any atom is 0.215 e. The maximum absolute atomic E-state index is 9.13. The molecule has 0 bridgehead atoms. The molecule has 1 aliphatic rings. The van der Waals surface area contributed by atoms with Crippen LogP contribution >= 0.6 is 0 Å².